The molecule has 0 bridgehead atoms. The zero-order valence-electron chi connectivity index (χ0n) is 15.4. The third-order valence-corrected chi connectivity index (χ3v) is 5.41. The van der Waals surface area contributed by atoms with Crippen molar-refractivity contribution in [3.63, 3.8) is 0 Å². The molecule has 0 N–H and O–H groups in total. The van der Waals surface area contributed by atoms with Crippen molar-refractivity contribution in [2.24, 2.45) is 5.92 Å². The Bertz CT molecular complexity index is 862. The van der Waals surface area contributed by atoms with Crippen LogP contribution < -0.4 is 4.74 Å². The predicted octanol–water partition coefficient (Wildman–Crippen LogP) is 3.55. The van der Waals surface area contributed by atoms with Gasteiger partial charge in [-0.05, 0) is 40.2 Å². The first-order valence-electron chi connectivity index (χ1n) is 8.85. The summed E-state index contributed by atoms with van der Waals surface area (Å²) in [6, 6.07) is 2.00. The molecule has 7 nitrogen and oxygen atoms in total. The Labute approximate surface area is 157 Å². The summed E-state index contributed by atoms with van der Waals surface area (Å²) in [5, 5.41) is 4.52. The number of carbonyl (C=O) groups is 1. The van der Waals surface area contributed by atoms with Gasteiger partial charge in [0.2, 0.25) is 5.88 Å². The quantitative estimate of drug-likeness (QED) is 0.799. The van der Waals surface area contributed by atoms with E-state index >= 15 is 0 Å². The van der Waals surface area contributed by atoms with Crippen LogP contribution in [0.25, 0.3) is 5.52 Å². The molecule has 2 aromatic rings. The Hall–Kier alpha value is -2.02. The van der Waals surface area contributed by atoms with Crippen molar-refractivity contribution in [1.82, 2.24) is 19.5 Å². The van der Waals surface area contributed by atoms with Crippen LogP contribution in [0.5, 0.6) is 5.88 Å². The number of ether oxygens (including phenoxy) is 2. The summed E-state index contributed by atoms with van der Waals surface area (Å²) < 4.78 is 13.5. The fourth-order valence-electron chi connectivity index (χ4n) is 4.06. The molecule has 4 rings (SSSR count). The second kappa shape index (κ2) is 5.74. The lowest BCUT2D eigenvalue weighted by Gasteiger charge is -2.50. The van der Waals surface area contributed by atoms with Crippen molar-refractivity contribution in [3.8, 4) is 5.88 Å². The van der Waals surface area contributed by atoms with Crippen molar-refractivity contribution in [2.75, 3.05) is 6.54 Å². The van der Waals surface area contributed by atoms with Gasteiger partial charge in [-0.15, -0.1) is 0 Å². The third-order valence-electron chi connectivity index (χ3n) is 5.23. The molecule has 1 aliphatic carbocycles. The van der Waals surface area contributed by atoms with Crippen LogP contribution in [-0.4, -0.2) is 49.4 Å². The lowest BCUT2D eigenvalue weighted by atomic mass is 9.66. The normalized spacial score (nSPS) is 28.0. The lowest BCUT2D eigenvalue weighted by Crippen LogP contribution is -2.61. The minimum absolute atomic E-state index is 0.148. The lowest BCUT2D eigenvalue weighted by molar-refractivity contribution is -0.0903. The fraction of sp³-hybridized carbons (Fsp3) is 0.611. The van der Waals surface area contributed by atoms with Gasteiger partial charge in [0, 0.05) is 24.9 Å². The van der Waals surface area contributed by atoms with E-state index in [4.69, 9.17) is 21.1 Å². The van der Waals surface area contributed by atoms with Gasteiger partial charge < -0.3 is 14.4 Å². The van der Waals surface area contributed by atoms with E-state index in [0.29, 0.717) is 17.6 Å². The van der Waals surface area contributed by atoms with Crippen LogP contribution in [0.4, 0.5) is 4.79 Å². The highest BCUT2D eigenvalue weighted by Gasteiger charge is 2.59. The van der Waals surface area contributed by atoms with Gasteiger partial charge >= 0.3 is 6.09 Å². The number of nitrogens with zero attached hydrogens (tertiary/aromatic N) is 4. The zero-order valence-corrected chi connectivity index (χ0v) is 16.2. The maximum absolute atomic E-state index is 12.4. The van der Waals surface area contributed by atoms with Gasteiger partial charge in [0.05, 0.1) is 12.4 Å². The Morgan fingerprint density at radius 3 is 2.92 bits per heavy atom. The molecule has 140 valence electrons. The molecule has 0 radical (unpaired) electrons. The van der Waals surface area contributed by atoms with Gasteiger partial charge in [0.15, 0.2) is 5.15 Å². The van der Waals surface area contributed by atoms with Crippen LogP contribution in [0, 0.1) is 5.92 Å². The van der Waals surface area contributed by atoms with Crippen LogP contribution in [-0.2, 0) is 4.74 Å². The van der Waals surface area contributed by atoms with E-state index in [9.17, 15) is 4.79 Å². The highest BCUT2D eigenvalue weighted by Crippen LogP contribution is 2.50. The number of hydrogen-bond donors (Lipinski definition) is 0. The molecule has 1 amide bonds. The summed E-state index contributed by atoms with van der Waals surface area (Å²) in [5.74, 6) is 0.727. The van der Waals surface area contributed by atoms with Gasteiger partial charge in [-0.3, -0.25) is 0 Å². The van der Waals surface area contributed by atoms with Crippen LogP contribution >= 0.6 is 11.6 Å². The molecule has 0 aromatic carbocycles. The summed E-state index contributed by atoms with van der Waals surface area (Å²) in [6.07, 6.45) is 4.72. The smallest absolute Gasteiger partial charge is 0.410 e. The Kier molecular flexibility index (Phi) is 3.84. The van der Waals surface area contributed by atoms with Crippen LogP contribution in [0.1, 0.15) is 40.5 Å². The largest absolute Gasteiger partial charge is 0.469 e. The molecular formula is C18H23ClN4O3. The molecule has 0 spiro atoms. The number of amides is 1. The van der Waals surface area contributed by atoms with E-state index in [1.165, 1.54) is 0 Å². The van der Waals surface area contributed by atoms with Crippen LogP contribution in [0.15, 0.2) is 18.5 Å². The highest BCUT2D eigenvalue weighted by atomic mass is 35.5. The molecule has 2 fully saturated rings. The molecule has 26 heavy (non-hydrogen) atoms. The minimum atomic E-state index is -0.489. The van der Waals surface area contributed by atoms with Gasteiger partial charge in [-0.25, -0.2) is 9.31 Å². The standard InChI is InChI=1S/C18H23ClN4O3/c1-17(2,3)26-16(24)22-8-6-11-13(22)9-18(11,4)25-15-12-5-7-20-23(12)10-14(19)21-15/h5,7,10-11,13H,6,8-9H2,1-4H3/t11-,13-,18+/m1/s1. The maximum atomic E-state index is 12.4. The Balaban J connectivity index is 1.50. The summed E-state index contributed by atoms with van der Waals surface area (Å²) in [4.78, 5) is 18.6. The summed E-state index contributed by atoms with van der Waals surface area (Å²) in [7, 11) is 0. The van der Waals surface area contributed by atoms with Crippen molar-refractivity contribution in [2.45, 2.75) is 57.8 Å². The van der Waals surface area contributed by atoms with Crippen LogP contribution in [0.2, 0.25) is 5.15 Å². The minimum Gasteiger partial charge on any atom is -0.469 e. The second-order valence-electron chi connectivity index (χ2n) is 8.28. The van der Waals surface area contributed by atoms with Crippen molar-refractivity contribution < 1.29 is 14.3 Å². The molecule has 2 aromatic heterocycles. The molecule has 1 saturated heterocycles. The Morgan fingerprint density at radius 1 is 1.42 bits per heavy atom. The molecule has 8 heteroatoms. The summed E-state index contributed by atoms with van der Waals surface area (Å²) in [5.41, 5.74) is -0.0953. The van der Waals surface area contributed by atoms with E-state index in [1.807, 2.05) is 31.7 Å². The third kappa shape index (κ3) is 2.88. The van der Waals surface area contributed by atoms with E-state index in [1.54, 1.807) is 16.9 Å². The second-order valence-corrected chi connectivity index (χ2v) is 8.67. The first-order valence-corrected chi connectivity index (χ1v) is 9.23. The Morgan fingerprint density at radius 2 is 2.19 bits per heavy atom. The van der Waals surface area contributed by atoms with E-state index in [-0.39, 0.29) is 23.7 Å². The average Bonchev–Trinajstić information content (AvgIpc) is 3.09. The van der Waals surface area contributed by atoms with Gasteiger partial charge in [0.1, 0.15) is 16.7 Å². The summed E-state index contributed by atoms with van der Waals surface area (Å²) in [6.45, 7) is 8.41. The number of halogens is 1. The molecule has 3 atom stereocenters. The van der Waals surface area contributed by atoms with Crippen molar-refractivity contribution >= 4 is 23.2 Å². The van der Waals surface area contributed by atoms with Gasteiger partial charge in [-0.1, -0.05) is 11.6 Å². The SMILES string of the molecule is CC(C)(C)OC(=O)N1CC[C@@H]2[C@H]1C[C@]2(C)Oc1nc(Cl)cn2nccc12. The topological polar surface area (TPSA) is 69.0 Å². The van der Waals surface area contributed by atoms with Gasteiger partial charge in [-0.2, -0.15) is 10.1 Å². The van der Waals surface area contributed by atoms with E-state index in [0.717, 1.165) is 18.4 Å². The molecule has 1 aliphatic heterocycles. The number of fused-ring (bicyclic) bond motifs is 2. The molecule has 2 aliphatic rings. The number of carbonyl (C=O) groups excluding carboxylic acids is 1. The zero-order chi connectivity index (χ0) is 18.7. The van der Waals surface area contributed by atoms with Crippen LogP contribution in [0.3, 0.4) is 0 Å². The maximum Gasteiger partial charge on any atom is 0.410 e. The average molecular weight is 379 g/mol. The molecule has 3 heterocycles. The number of likely N-dealkylation sites (tertiary alicyclic amines) is 1. The number of rotatable bonds is 2. The fourth-order valence-corrected chi connectivity index (χ4v) is 4.22. The highest BCUT2D eigenvalue weighted by molar-refractivity contribution is 6.29. The van der Waals surface area contributed by atoms with Gasteiger partial charge in [0.25, 0.3) is 0 Å². The van der Waals surface area contributed by atoms with E-state index < -0.39 is 5.60 Å². The summed E-state index contributed by atoms with van der Waals surface area (Å²) >= 11 is 6.09. The number of aromatic nitrogens is 3. The molecular weight excluding hydrogens is 356 g/mol. The molecule has 0 unspecified atom stereocenters. The van der Waals surface area contributed by atoms with Crippen molar-refractivity contribution in [1.29, 1.82) is 0 Å². The first-order chi connectivity index (χ1) is 12.2. The van der Waals surface area contributed by atoms with Crippen molar-refractivity contribution in [3.05, 3.63) is 23.6 Å². The first kappa shape index (κ1) is 17.4. The monoisotopic (exact) mass is 378 g/mol. The molecule has 1 saturated carbocycles. The van der Waals surface area contributed by atoms with E-state index in [2.05, 4.69) is 17.0 Å². The predicted molar refractivity (Wildman–Crippen MR) is 96.5 cm³/mol. The number of hydrogen-bond acceptors (Lipinski definition) is 5.